The number of aryl methyl sites for hydroxylation is 1. The summed E-state index contributed by atoms with van der Waals surface area (Å²) in [6.07, 6.45) is 2.38. The molecule has 18 heavy (non-hydrogen) atoms. The van der Waals surface area contributed by atoms with Crippen molar-refractivity contribution in [2.75, 3.05) is 12.8 Å². The number of benzene rings is 1. The Bertz CT molecular complexity index is 431. The Morgan fingerprint density at radius 2 is 2.00 bits per heavy atom. The molecule has 1 aromatic carbocycles. The molecule has 0 heterocycles. The zero-order valence-corrected chi connectivity index (χ0v) is 12.3. The molecule has 100 valence electrons. The predicted octanol–water partition coefficient (Wildman–Crippen LogP) is 3.62. The molecular weight excluding hydrogens is 220 g/mol. The van der Waals surface area contributed by atoms with Crippen LogP contribution in [0.1, 0.15) is 51.3 Å². The van der Waals surface area contributed by atoms with E-state index in [1.165, 1.54) is 17.5 Å². The summed E-state index contributed by atoms with van der Waals surface area (Å²) in [6.45, 7) is 9.27. The molecule has 0 amide bonds. The molecule has 2 nitrogen and oxygen atoms in total. The van der Waals surface area contributed by atoms with Crippen LogP contribution >= 0.6 is 0 Å². The van der Waals surface area contributed by atoms with Gasteiger partial charge in [0, 0.05) is 17.8 Å². The Hall–Kier alpha value is -1.02. The summed E-state index contributed by atoms with van der Waals surface area (Å²) in [5, 5.41) is 0. The minimum Gasteiger partial charge on any atom is -0.399 e. The minimum absolute atomic E-state index is 0.311. The van der Waals surface area contributed by atoms with Crippen LogP contribution in [0.15, 0.2) is 18.2 Å². The average molecular weight is 246 g/mol. The summed E-state index contributed by atoms with van der Waals surface area (Å²) in [5.74, 6) is 0. The van der Waals surface area contributed by atoms with Gasteiger partial charge in [0.25, 0.3) is 0 Å². The third-order valence-corrected chi connectivity index (χ3v) is 4.57. The van der Waals surface area contributed by atoms with Gasteiger partial charge in [0.15, 0.2) is 0 Å². The van der Waals surface area contributed by atoms with Crippen molar-refractivity contribution >= 4 is 5.69 Å². The molecule has 0 aromatic heterocycles. The molecule has 2 atom stereocenters. The van der Waals surface area contributed by atoms with Gasteiger partial charge in [-0.2, -0.15) is 0 Å². The first-order chi connectivity index (χ1) is 8.30. The number of rotatable bonds is 2. The van der Waals surface area contributed by atoms with Gasteiger partial charge in [-0.25, -0.2) is 0 Å². The average Bonchev–Trinajstić information content (AvgIpc) is 2.68. The SMILES string of the molecule is CC(N(C)C1CCc2cc(N)ccc21)C(C)(C)C. The first-order valence-corrected chi connectivity index (χ1v) is 6.91. The van der Waals surface area contributed by atoms with E-state index < -0.39 is 0 Å². The summed E-state index contributed by atoms with van der Waals surface area (Å²) < 4.78 is 0. The predicted molar refractivity (Wildman–Crippen MR) is 78.6 cm³/mol. The number of fused-ring (bicyclic) bond motifs is 1. The van der Waals surface area contributed by atoms with Gasteiger partial charge >= 0.3 is 0 Å². The topological polar surface area (TPSA) is 29.3 Å². The van der Waals surface area contributed by atoms with Crippen LogP contribution in [0.5, 0.6) is 0 Å². The van der Waals surface area contributed by atoms with Crippen LogP contribution < -0.4 is 5.73 Å². The zero-order chi connectivity index (χ0) is 13.5. The van der Waals surface area contributed by atoms with Crippen molar-refractivity contribution in [2.45, 2.75) is 52.6 Å². The molecular formula is C16H26N2. The fourth-order valence-electron chi connectivity index (χ4n) is 2.92. The van der Waals surface area contributed by atoms with Gasteiger partial charge in [-0.3, -0.25) is 4.90 Å². The van der Waals surface area contributed by atoms with Crippen LogP contribution in [0.3, 0.4) is 0 Å². The van der Waals surface area contributed by atoms with Gasteiger partial charge in [-0.1, -0.05) is 26.8 Å². The summed E-state index contributed by atoms with van der Waals surface area (Å²) in [7, 11) is 2.26. The number of nitrogen functional groups attached to an aromatic ring is 1. The minimum atomic E-state index is 0.311. The van der Waals surface area contributed by atoms with E-state index >= 15 is 0 Å². The van der Waals surface area contributed by atoms with Crippen LogP contribution in [-0.2, 0) is 6.42 Å². The lowest BCUT2D eigenvalue weighted by Crippen LogP contribution is -2.40. The van der Waals surface area contributed by atoms with Gasteiger partial charge in [-0.15, -0.1) is 0 Å². The first-order valence-electron chi connectivity index (χ1n) is 6.91. The Balaban J connectivity index is 2.23. The molecule has 2 N–H and O–H groups in total. The van der Waals surface area contributed by atoms with E-state index in [0.29, 0.717) is 17.5 Å². The van der Waals surface area contributed by atoms with Crippen molar-refractivity contribution in [3.8, 4) is 0 Å². The monoisotopic (exact) mass is 246 g/mol. The highest BCUT2D eigenvalue weighted by Crippen LogP contribution is 2.39. The molecule has 0 spiro atoms. The second kappa shape index (κ2) is 4.58. The van der Waals surface area contributed by atoms with Crippen molar-refractivity contribution in [3.63, 3.8) is 0 Å². The Kier molecular flexibility index (Phi) is 3.41. The molecule has 0 aliphatic heterocycles. The van der Waals surface area contributed by atoms with Crippen LogP contribution in [0.2, 0.25) is 0 Å². The maximum Gasteiger partial charge on any atom is 0.0354 e. The molecule has 1 aliphatic rings. The molecule has 1 aromatic rings. The van der Waals surface area contributed by atoms with Crippen molar-refractivity contribution in [1.29, 1.82) is 0 Å². The highest BCUT2D eigenvalue weighted by molar-refractivity contribution is 5.47. The summed E-state index contributed by atoms with van der Waals surface area (Å²) in [4.78, 5) is 2.53. The number of nitrogens with zero attached hydrogens (tertiary/aromatic N) is 1. The lowest BCUT2D eigenvalue weighted by Gasteiger charge is -2.39. The quantitative estimate of drug-likeness (QED) is 0.808. The highest BCUT2D eigenvalue weighted by atomic mass is 15.2. The maximum absolute atomic E-state index is 5.87. The van der Waals surface area contributed by atoms with Crippen molar-refractivity contribution in [3.05, 3.63) is 29.3 Å². The number of nitrogens with two attached hydrogens (primary N) is 1. The third-order valence-electron chi connectivity index (χ3n) is 4.57. The lowest BCUT2D eigenvalue weighted by molar-refractivity contribution is 0.0972. The van der Waals surface area contributed by atoms with E-state index in [1.54, 1.807) is 0 Å². The fourth-order valence-corrected chi connectivity index (χ4v) is 2.92. The van der Waals surface area contributed by atoms with Crippen molar-refractivity contribution in [2.24, 2.45) is 5.41 Å². The van der Waals surface area contributed by atoms with Crippen LogP contribution in [0, 0.1) is 5.41 Å². The van der Waals surface area contributed by atoms with E-state index in [4.69, 9.17) is 5.73 Å². The molecule has 0 bridgehead atoms. The molecule has 2 rings (SSSR count). The van der Waals surface area contributed by atoms with Crippen molar-refractivity contribution < 1.29 is 0 Å². The highest BCUT2D eigenvalue weighted by Gasteiger charge is 2.32. The van der Waals surface area contributed by atoms with Crippen molar-refractivity contribution in [1.82, 2.24) is 4.90 Å². The second-order valence-electron chi connectivity index (χ2n) is 6.72. The van der Waals surface area contributed by atoms with Crippen LogP contribution in [0.25, 0.3) is 0 Å². The van der Waals surface area contributed by atoms with E-state index in [-0.39, 0.29) is 0 Å². The molecule has 0 fully saturated rings. The van der Waals surface area contributed by atoms with Crippen LogP contribution in [-0.4, -0.2) is 18.0 Å². The second-order valence-corrected chi connectivity index (χ2v) is 6.72. The summed E-state index contributed by atoms with van der Waals surface area (Å²) in [6, 6.07) is 7.51. The number of hydrogen-bond donors (Lipinski definition) is 1. The summed E-state index contributed by atoms with van der Waals surface area (Å²) in [5.41, 5.74) is 9.98. The number of hydrogen-bond acceptors (Lipinski definition) is 2. The Labute approximate surface area is 111 Å². The molecule has 2 unspecified atom stereocenters. The zero-order valence-electron chi connectivity index (χ0n) is 12.3. The molecule has 2 heteroatoms. The Morgan fingerprint density at radius 1 is 1.33 bits per heavy atom. The van der Waals surface area contributed by atoms with E-state index in [9.17, 15) is 0 Å². The standard InChI is InChI=1S/C16H26N2/c1-11(16(2,3)4)18(5)15-9-6-12-10-13(17)7-8-14(12)15/h7-8,10-11,15H,6,9,17H2,1-5H3. The summed E-state index contributed by atoms with van der Waals surface area (Å²) >= 11 is 0. The molecule has 0 radical (unpaired) electrons. The third kappa shape index (κ3) is 2.39. The van der Waals surface area contributed by atoms with Gasteiger partial charge in [-0.05, 0) is 55.5 Å². The first kappa shape index (κ1) is 13.4. The largest absolute Gasteiger partial charge is 0.399 e. The molecule has 0 saturated heterocycles. The lowest BCUT2D eigenvalue weighted by atomic mass is 9.86. The van der Waals surface area contributed by atoms with E-state index in [0.717, 1.165) is 12.1 Å². The van der Waals surface area contributed by atoms with Gasteiger partial charge < -0.3 is 5.73 Å². The van der Waals surface area contributed by atoms with E-state index in [1.807, 2.05) is 6.07 Å². The fraction of sp³-hybridized carbons (Fsp3) is 0.625. The molecule has 1 aliphatic carbocycles. The van der Waals surface area contributed by atoms with Crippen LogP contribution in [0.4, 0.5) is 5.69 Å². The number of anilines is 1. The molecule has 0 saturated carbocycles. The van der Waals surface area contributed by atoms with Gasteiger partial charge in [0.1, 0.15) is 0 Å². The normalized spacial score (nSPS) is 21.1. The van der Waals surface area contributed by atoms with Gasteiger partial charge in [0.2, 0.25) is 0 Å². The Morgan fingerprint density at radius 3 is 2.61 bits per heavy atom. The maximum atomic E-state index is 5.87. The van der Waals surface area contributed by atoms with Gasteiger partial charge in [0.05, 0.1) is 0 Å². The smallest absolute Gasteiger partial charge is 0.0354 e. The van der Waals surface area contributed by atoms with E-state index in [2.05, 4.69) is 51.8 Å².